The van der Waals surface area contributed by atoms with Crippen LogP contribution in [0, 0.1) is 6.92 Å². The maximum Gasteiger partial charge on any atom is 0.339 e. The number of pyridine rings is 1. The Bertz CT molecular complexity index is 1170. The normalized spacial score (nSPS) is 11.0. The van der Waals surface area contributed by atoms with Crippen LogP contribution in [-0.4, -0.2) is 17.6 Å². The van der Waals surface area contributed by atoms with Gasteiger partial charge in [0.05, 0.1) is 29.6 Å². The number of ether oxygens (including phenoxy) is 1. The van der Waals surface area contributed by atoms with E-state index in [1.54, 1.807) is 18.2 Å². The summed E-state index contributed by atoms with van der Waals surface area (Å²) in [6, 6.07) is 20.5. The lowest BCUT2D eigenvalue weighted by molar-refractivity contribution is 0.0601. The summed E-state index contributed by atoms with van der Waals surface area (Å²) in [5, 5.41) is 0.931. The minimum atomic E-state index is -0.410. The molecule has 0 saturated carbocycles. The van der Waals surface area contributed by atoms with E-state index in [9.17, 15) is 9.59 Å². The molecule has 2 aromatic rings. The largest absolute Gasteiger partial charge is 0.465 e. The maximum absolute atomic E-state index is 12.4. The van der Waals surface area contributed by atoms with Crippen molar-refractivity contribution in [3.8, 4) is 16.9 Å². The van der Waals surface area contributed by atoms with Crippen LogP contribution in [0.5, 0.6) is 0 Å². The van der Waals surface area contributed by atoms with E-state index in [1.807, 2.05) is 60.0 Å². The van der Waals surface area contributed by atoms with Crippen molar-refractivity contribution in [1.29, 1.82) is 0 Å². The predicted octanol–water partition coefficient (Wildman–Crippen LogP) is 4.19. The zero-order valence-electron chi connectivity index (χ0n) is 14.5. The van der Waals surface area contributed by atoms with Crippen LogP contribution in [0.3, 0.4) is 0 Å². The molecule has 0 radical (unpaired) electrons. The van der Waals surface area contributed by atoms with E-state index in [2.05, 4.69) is 0 Å². The quantitative estimate of drug-likeness (QED) is 0.405. The van der Waals surface area contributed by atoms with Gasteiger partial charge in [0.2, 0.25) is 0 Å². The summed E-state index contributed by atoms with van der Waals surface area (Å²) in [5.74, 6) is -0.410. The summed E-state index contributed by atoms with van der Waals surface area (Å²) in [5.41, 5.74) is 4.41. The van der Waals surface area contributed by atoms with E-state index in [4.69, 9.17) is 4.74 Å². The number of benzene rings is 3. The Kier molecular flexibility index (Phi) is 3.81. The van der Waals surface area contributed by atoms with Crippen LogP contribution in [0.1, 0.15) is 15.9 Å². The number of fused-ring (bicyclic) bond motifs is 2. The van der Waals surface area contributed by atoms with Gasteiger partial charge in [-0.05, 0) is 54.3 Å². The molecule has 0 N–H and O–H groups in total. The highest BCUT2D eigenvalue weighted by Crippen LogP contribution is 2.31. The third-order valence-corrected chi connectivity index (χ3v) is 4.56. The fraction of sp³-hybridized carbons (Fsp3) is 0.0909. The van der Waals surface area contributed by atoms with Gasteiger partial charge in [-0.25, -0.2) is 4.79 Å². The molecule has 1 aliphatic carbocycles. The molecule has 2 aromatic carbocycles. The summed E-state index contributed by atoms with van der Waals surface area (Å²) >= 11 is 0. The standard InChI is InChI=1S/C22H17NO3/c1-14-10-11-16(22(25)26-2)20(12-14)23-18-7-4-3-6-15(18)13-17-19(23)8-5-9-21(17)24/h3-13H,1-2H3. The van der Waals surface area contributed by atoms with Crippen LogP contribution < -0.4 is 5.43 Å². The van der Waals surface area contributed by atoms with Crippen LogP contribution in [-0.2, 0) is 4.74 Å². The molecule has 0 bridgehead atoms. The van der Waals surface area contributed by atoms with Crippen molar-refractivity contribution >= 4 is 16.9 Å². The van der Waals surface area contributed by atoms with Gasteiger partial charge in [0.1, 0.15) is 0 Å². The Morgan fingerprint density at radius 1 is 0.962 bits per heavy atom. The van der Waals surface area contributed by atoms with Crippen molar-refractivity contribution in [2.45, 2.75) is 6.92 Å². The fourth-order valence-electron chi connectivity index (χ4n) is 3.34. The van der Waals surface area contributed by atoms with E-state index in [-0.39, 0.29) is 5.43 Å². The molecule has 0 fully saturated rings. The highest BCUT2D eigenvalue weighted by molar-refractivity contribution is 5.96. The molecule has 26 heavy (non-hydrogen) atoms. The number of aryl methyl sites for hydroxylation is 1. The Morgan fingerprint density at radius 3 is 2.58 bits per heavy atom. The summed E-state index contributed by atoms with van der Waals surface area (Å²) in [4.78, 5) is 24.8. The number of carbonyl (C=O) groups excluding carboxylic acids is 1. The van der Waals surface area contributed by atoms with Gasteiger partial charge in [0, 0.05) is 5.56 Å². The van der Waals surface area contributed by atoms with Gasteiger partial charge in [0.25, 0.3) is 0 Å². The molecule has 0 saturated heterocycles. The molecule has 0 amide bonds. The zero-order valence-corrected chi connectivity index (χ0v) is 14.5. The molecular weight excluding hydrogens is 326 g/mol. The summed E-state index contributed by atoms with van der Waals surface area (Å²) in [6.45, 7) is 1.97. The van der Waals surface area contributed by atoms with E-state index in [1.165, 1.54) is 7.11 Å². The molecule has 0 unspecified atom stereocenters. The average Bonchev–Trinajstić information content (AvgIpc) is 2.66. The van der Waals surface area contributed by atoms with Gasteiger partial charge in [-0.15, -0.1) is 0 Å². The Morgan fingerprint density at radius 2 is 1.77 bits per heavy atom. The van der Waals surface area contributed by atoms with Crippen molar-refractivity contribution < 1.29 is 9.53 Å². The Hall–Kier alpha value is -3.40. The Balaban J connectivity index is 2.21. The number of hydrogen-bond donors (Lipinski definition) is 0. The first-order valence-electron chi connectivity index (χ1n) is 8.33. The Labute approximate surface area is 150 Å². The number of para-hydroxylation sites is 1. The van der Waals surface area contributed by atoms with Crippen LogP contribution in [0.2, 0.25) is 0 Å². The first-order valence-corrected chi connectivity index (χ1v) is 8.33. The minimum absolute atomic E-state index is 0.0470. The van der Waals surface area contributed by atoms with Crippen molar-refractivity contribution in [1.82, 2.24) is 4.57 Å². The van der Waals surface area contributed by atoms with Crippen molar-refractivity contribution in [2.24, 2.45) is 0 Å². The van der Waals surface area contributed by atoms with Crippen molar-refractivity contribution in [3.63, 3.8) is 0 Å². The molecule has 0 spiro atoms. The summed E-state index contributed by atoms with van der Waals surface area (Å²) < 4.78 is 6.94. The summed E-state index contributed by atoms with van der Waals surface area (Å²) in [6.07, 6.45) is 0. The zero-order chi connectivity index (χ0) is 18.3. The van der Waals surface area contributed by atoms with E-state index in [0.29, 0.717) is 16.8 Å². The molecule has 2 aliphatic rings. The highest BCUT2D eigenvalue weighted by atomic mass is 16.5. The second kappa shape index (κ2) is 6.15. The van der Waals surface area contributed by atoms with E-state index in [0.717, 1.165) is 22.2 Å². The topological polar surface area (TPSA) is 48.3 Å². The summed E-state index contributed by atoms with van der Waals surface area (Å²) in [7, 11) is 1.37. The van der Waals surface area contributed by atoms with Gasteiger partial charge in [-0.3, -0.25) is 4.79 Å². The SMILES string of the molecule is COC(=O)c1ccc(C)cc1-n1c2cccc(=O)c-2cc2ccccc21. The number of esters is 1. The molecule has 4 heteroatoms. The minimum Gasteiger partial charge on any atom is -0.465 e. The van der Waals surface area contributed by atoms with Crippen molar-refractivity contribution in [3.05, 3.63) is 88.1 Å². The third-order valence-electron chi connectivity index (χ3n) is 4.56. The van der Waals surface area contributed by atoms with E-state index < -0.39 is 5.97 Å². The molecule has 4 nitrogen and oxygen atoms in total. The lowest BCUT2D eigenvalue weighted by atomic mass is 10.0. The number of rotatable bonds is 2. The monoisotopic (exact) mass is 343 g/mol. The van der Waals surface area contributed by atoms with Crippen molar-refractivity contribution in [2.75, 3.05) is 7.11 Å². The van der Waals surface area contributed by atoms with Crippen LogP contribution >= 0.6 is 0 Å². The molecule has 128 valence electrons. The third kappa shape index (κ3) is 2.47. The van der Waals surface area contributed by atoms with Gasteiger partial charge >= 0.3 is 5.97 Å². The van der Waals surface area contributed by atoms with Crippen LogP contribution in [0.4, 0.5) is 0 Å². The number of nitrogens with zero attached hydrogens (tertiary/aromatic N) is 1. The average molecular weight is 343 g/mol. The van der Waals surface area contributed by atoms with E-state index >= 15 is 0 Å². The van der Waals surface area contributed by atoms with Gasteiger partial charge < -0.3 is 9.30 Å². The number of aromatic nitrogens is 1. The molecule has 0 aromatic heterocycles. The second-order valence-electron chi connectivity index (χ2n) is 6.24. The molecular formula is C22H17NO3. The maximum atomic E-state index is 12.4. The fourth-order valence-corrected chi connectivity index (χ4v) is 3.34. The highest BCUT2D eigenvalue weighted by Gasteiger charge is 2.19. The number of methoxy groups -OCH3 is 1. The second-order valence-corrected chi connectivity index (χ2v) is 6.24. The molecule has 1 heterocycles. The first-order chi connectivity index (χ1) is 12.6. The lowest BCUT2D eigenvalue weighted by Crippen LogP contribution is -2.14. The van der Waals surface area contributed by atoms with Gasteiger partial charge in [-0.2, -0.15) is 0 Å². The molecule has 4 rings (SSSR count). The lowest BCUT2D eigenvalue weighted by Gasteiger charge is -2.21. The van der Waals surface area contributed by atoms with Crippen LogP contribution in [0.25, 0.3) is 27.8 Å². The van der Waals surface area contributed by atoms with Crippen LogP contribution in [0.15, 0.2) is 71.5 Å². The van der Waals surface area contributed by atoms with Gasteiger partial charge in [-0.1, -0.05) is 30.3 Å². The number of hydrogen-bond acceptors (Lipinski definition) is 3. The smallest absolute Gasteiger partial charge is 0.339 e. The first kappa shape index (κ1) is 16.1. The predicted molar refractivity (Wildman–Crippen MR) is 102 cm³/mol. The number of carbonyl (C=O) groups is 1. The molecule has 0 atom stereocenters. The van der Waals surface area contributed by atoms with Gasteiger partial charge in [0.15, 0.2) is 5.43 Å². The molecule has 1 aliphatic heterocycles.